The first-order chi connectivity index (χ1) is 12.0. The molecule has 0 aliphatic rings. The van der Waals surface area contributed by atoms with Crippen LogP contribution >= 0.6 is 22.9 Å². The van der Waals surface area contributed by atoms with Crippen molar-refractivity contribution in [1.82, 2.24) is 4.98 Å². The summed E-state index contributed by atoms with van der Waals surface area (Å²) in [5, 5.41) is 5.90. The van der Waals surface area contributed by atoms with Gasteiger partial charge in [0, 0.05) is 16.0 Å². The van der Waals surface area contributed by atoms with Crippen molar-refractivity contribution in [3.8, 4) is 17.0 Å². The molecular weight excluding hydrogens is 356 g/mol. The van der Waals surface area contributed by atoms with E-state index in [0.29, 0.717) is 15.9 Å². The summed E-state index contributed by atoms with van der Waals surface area (Å²) in [6.07, 6.45) is 0. The molecule has 3 rings (SSSR count). The van der Waals surface area contributed by atoms with Crippen molar-refractivity contribution in [1.29, 1.82) is 0 Å². The first-order valence-corrected chi connectivity index (χ1v) is 8.98. The SMILES string of the molecule is Cc1ccc(-c2csc(NC(=O)COc3ccc(Cl)c(C)c3)n2)cc1. The summed E-state index contributed by atoms with van der Waals surface area (Å²) < 4.78 is 5.49. The molecule has 0 unspecified atom stereocenters. The lowest BCUT2D eigenvalue weighted by Gasteiger charge is -2.07. The summed E-state index contributed by atoms with van der Waals surface area (Å²) in [7, 11) is 0. The van der Waals surface area contributed by atoms with Crippen LogP contribution in [-0.4, -0.2) is 17.5 Å². The minimum atomic E-state index is -0.252. The number of nitrogens with zero attached hydrogens (tertiary/aromatic N) is 1. The molecule has 1 N–H and O–H groups in total. The highest BCUT2D eigenvalue weighted by Crippen LogP contribution is 2.25. The fourth-order valence-corrected chi connectivity index (χ4v) is 3.05. The second kappa shape index (κ2) is 7.68. The van der Waals surface area contributed by atoms with Gasteiger partial charge < -0.3 is 4.74 Å². The molecule has 0 atom stereocenters. The Labute approximate surface area is 155 Å². The minimum absolute atomic E-state index is 0.0828. The second-order valence-electron chi connectivity index (χ2n) is 5.65. The first-order valence-electron chi connectivity index (χ1n) is 7.72. The van der Waals surface area contributed by atoms with Crippen LogP contribution in [-0.2, 0) is 4.79 Å². The van der Waals surface area contributed by atoms with Crippen molar-refractivity contribution in [3.63, 3.8) is 0 Å². The van der Waals surface area contributed by atoms with Crippen molar-refractivity contribution in [3.05, 3.63) is 64.0 Å². The molecule has 0 radical (unpaired) electrons. The van der Waals surface area contributed by atoms with Gasteiger partial charge in [0.25, 0.3) is 5.91 Å². The van der Waals surface area contributed by atoms with E-state index >= 15 is 0 Å². The van der Waals surface area contributed by atoms with Gasteiger partial charge in [-0.3, -0.25) is 10.1 Å². The third-order valence-electron chi connectivity index (χ3n) is 3.60. The number of aromatic nitrogens is 1. The quantitative estimate of drug-likeness (QED) is 0.678. The number of halogens is 1. The number of hydrogen-bond acceptors (Lipinski definition) is 4. The third kappa shape index (κ3) is 4.59. The molecule has 0 aliphatic carbocycles. The topological polar surface area (TPSA) is 51.2 Å². The van der Waals surface area contributed by atoms with E-state index in [2.05, 4.69) is 10.3 Å². The van der Waals surface area contributed by atoms with Crippen LogP contribution in [0, 0.1) is 13.8 Å². The Morgan fingerprint density at radius 2 is 1.96 bits per heavy atom. The lowest BCUT2D eigenvalue weighted by molar-refractivity contribution is -0.118. The number of ether oxygens (including phenoxy) is 1. The van der Waals surface area contributed by atoms with Crippen molar-refractivity contribution < 1.29 is 9.53 Å². The standard InChI is InChI=1S/C19H17ClN2O2S/c1-12-3-5-14(6-4-12)17-11-25-19(21-17)22-18(23)10-24-15-7-8-16(20)13(2)9-15/h3-9,11H,10H2,1-2H3,(H,21,22,23). The van der Waals surface area contributed by atoms with Crippen LogP contribution in [0.4, 0.5) is 5.13 Å². The summed E-state index contributed by atoms with van der Waals surface area (Å²) in [5.74, 6) is 0.356. The van der Waals surface area contributed by atoms with Crippen LogP contribution in [0.25, 0.3) is 11.3 Å². The van der Waals surface area contributed by atoms with Gasteiger partial charge in [0.2, 0.25) is 0 Å². The van der Waals surface area contributed by atoms with E-state index in [1.807, 2.05) is 43.5 Å². The number of amides is 1. The molecule has 2 aromatic carbocycles. The summed E-state index contributed by atoms with van der Waals surface area (Å²) in [6.45, 7) is 3.84. The molecular formula is C19H17ClN2O2S. The number of nitrogens with one attached hydrogen (secondary N) is 1. The van der Waals surface area contributed by atoms with E-state index in [0.717, 1.165) is 16.8 Å². The van der Waals surface area contributed by atoms with Crippen LogP contribution in [0.5, 0.6) is 5.75 Å². The Bertz CT molecular complexity index is 891. The molecule has 0 saturated heterocycles. The van der Waals surface area contributed by atoms with E-state index in [1.54, 1.807) is 18.2 Å². The van der Waals surface area contributed by atoms with Gasteiger partial charge in [0.15, 0.2) is 11.7 Å². The Balaban J connectivity index is 1.58. The fraction of sp³-hybridized carbons (Fsp3) is 0.158. The number of hydrogen-bond donors (Lipinski definition) is 1. The molecule has 1 heterocycles. The molecule has 1 aromatic heterocycles. The van der Waals surface area contributed by atoms with Crippen molar-refractivity contribution in [2.45, 2.75) is 13.8 Å². The highest BCUT2D eigenvalue weighted by atomic mass is 35.5. The predicted octanol–water partition coefficient (Wildman–Crippen LogP) is 5.10. The zero-order valence-corrected chi connectivity index (χ0v) is 15.4. The molecule has 128 valence electrons. The summed E-state index contributed by atoms with van der Waals surface area (Å²) in [5.41, 5.74) is 3.97. The number of rotatable bonds is 5. The van der Waals surface area contributed by atoms with Gasteiger partial charge in [-0.1, -0.05) is 41.4 Å². The average molecular weight is 373 g/mol. The number of carbonyl (C=O) groups excluding carboxylic acids is 1. The molecule has 0 fully saturated rings. The van der Waals surface area contributed by atoms with Crippen LogP contribution in [0.1, 0.15) is 11.1 Å². The Hall–Kier alpha value is -2.37. The average Bonchev–Trinajstić information content (AvgIpc) is 3.05. The Morgan fingerprint density at radius 3 is 2.68 bits per heavy atom. The van der Waals surface area contributed by atoms with Crippen LogP contribution in [0.2, 0.25) is 5.02 Å². The van der Waals surface area contributed by atoms with Gasteiger partial charge in [-0.25, -0.2) is 4.98 Å². The number of aryl methyl sites for hydroxylation is 2. The van der Waals surface area contributed by atoms with E-state index in [1.165, 1.54) is 16.9 Å². The van der Waals surface area contributed by atoms with Crippen molar-refractivity contribution >= 4 is 34.0 Å². The molecule has 1 amide bonds. The predicted molar refractivity (Wildman–Crippen MR) is 103 cm³/mol. The van der Waals surface area contributed by atoms with Gasteiger partial charge in [-0.2, -0.15) is 0 Å². The normalized spacial score (nSPS) is 10.5. The monoisotopic (exact) mass is 372 g/mol. The number of thiazole rings is 1. The zero-order valence-electron chi connectivity index (χ0n) is 13.9. The van der Waals surface area contributed by atoms with Gasteiger partial charge >= 0.3 is 0 Å². The minimum Gasteiger partial charge on any atom is -0.484 e. The van der Waals surface area contributed by atoms with Gasteiger partial charge in [-0.15, -0.1) is 11.3 Å². The summed E-state index contributed by atoms with van der Waals surface area (Å²) in [6, 6.07) is 13.4. The molecule has 3 aromatic rings. The molecule has 0 spiro atoms. The molecule has 0 aliphatic heterocycles. The van der Waals surface area contributed by atoms with E-state index < -0.39 is 0 Å². The van der Waals surface area contributed by atoms with E-state index in [9.17, 15) is 4.79 Å². The maximum atomic E-state index is 12.0. The Morgan fingerprint density at radius 1 is 1.20 bits per heavy atom. The maximum Gasteiger partial charge on any atom is 0.264 e. The zero-order chi connectivity index (χ0) is 17.8. The summed E-state index contributed by atoms with van der Waals surface area (Å²) in [4.78, 5) is 16.5. The van der Waals surface area contributed by atoms with Gasteiger partial charge in [0.05, 0.1) is 5.69 Å². The smallest absolute Gasteiger partial charge is 0.264 e. The second-order valence-corrected chi connectivity index (χ2v) is 6.92. The molecule has 4 nitrogen and oxygen atoms in total. The number of carbonyl (C=O) groups is 1. The van der Waals surface area contributed by atoms with E-state index in [4.69, 9.17) is 16.3 Å². The lowest BCUT2D eigenvalue weighted by atomic mass is 10.1. The van der Waals surface area contributed by atoms with Crippen LogP contribution in [0.15, 0.2) is 47.8 Å². The number of anilines is 1. The first kappa shape index (κ1) is 17.5. The Kier molecular flexibility index (Phi) is 5.36. The maximum absolute atomic E-state index is 12.0. The largest absolute Gasteiger partial charge is 0.484 e. The third-order valence-corrected chi connectivity index (χ3v) is 4.78. The molecule has 25 heavy (non-hydrogen) atoms. The van der Waals surface area contributed by atoms with Crippen LogP contribution < -0.4 is 10.1 Å². The molecule has 0 saturated carbocycles. The van der Waals surface area contributed by atoms with Gasteiger partial charge in [0.1, 0.15) is 5.75 Å². The lowest BCUT2D eigenvalue weighted by Crippen LogP contribution is -2.20. The van der Waals surface area contributed by atoms with Crippen LogP contribution in [0.3, 0.4) is 0 Å². The molecule has 0 bridgehead atoms. The fourth-order valence-electron chi connectivity index (χ4n) is 2.20. The molecule has 6 heteroatoms. The highest BCUT2D eigenvalue weighted by Gasteiger charge is 2.09. The summed E-state index contributed by atoms with van der Waals surface area (Å²) >= 11 is 7.36. The highest BCUT2D eigenvalue weighted by molar-refractivity contribution is 7.14. The van der Waals surface area contributed by atoms with Crippen molar-refractivity contribution in [2.24, 2.45) is 0 Å². The van der Waals surface area contributed by atoms with Crippen molar-refractivity contribution in [2.75, 3.05) is 11.9 Å². The van der Waals surface area contributed by atoms with Gasteiger partial charge in [-0.05, 0) is 37.6 Å². The number of benzene rings is 2. The van der Waals surface area contributed by atoms with E-state index in [-0.39, 0.29) is 12.5 Å².